The second kappa shape index (κ2) is 16.8. The zero-order valence-electron chi connectivity index (χ0n) is 28.6. The largest absolute Gasteiger partial charge is 0.460 e. The standard InChI is InChI=1S/C37H44N4O7S/c1-36(2,3)47-31(43)22-28(34(45)41-29(35(46)48-37(4,5)6)19-23-11-8-7-9-12-23)40-33(44)26-13-10-14-27(21-26)39-30(42)20-24-15-17-25(18-16-24)32(38)49/h7-18,21,28-29H,19-20,22H2,1-6H3,(H2,38,49)(H,39,42)(H,40,44)(H,41,45)/t28-,29-/m0/s1. The summed E-state index contributed by atoms with van der Waals surface area (Å²) in [6, 6.07) is 19.6. The van der Waals surface area contributed by atoms with Crippen LogP contribution in [0.25, 0.3) is 0 Å². The van der Waals surface area contributed by atoms with E-state index >= 15 is 0 Å². The molecule has 0 spiro atoms. The average Bonchev–Trinajstić information content (AvgIpc) is 2.99. The van der Waals surface area contributed by atoms with E-state index in [1.807, 2.05) is 18.2 Å². The molecule has 0 saturated heterocycles. The Labute approximate surface area is 292 Å². The molecule has 11 nitrogen and oxygen atoms in total. The normalized spacial score (nSPS) is 12.5. The first-order valence-electron chi connectivity index (χ1n) is 15.8. The van der Waals surface area contributed by atoms with Gasteiger partial charge in [0.15, 0.2) is 0 Å². The molecule has 0 aliphatic rings. The van der Waals surface area contributed by atoms with E-state index in [4.69, 9.17) is 27.4 Å². The van der Waals surface area contributed by atoms with Crippen LogP contribution in [0.15, 0.2) is 78.9 Å². The number of nitrogens with two attached hydrogens (primary N) is 1. The molecule has 3 rings (SSSR count). The first kappa shape index (κ1) is 38.3. The third-order valence-electron chi connectivity index (χ3n) is 6.71. The van der Waals surface area contributed by atoms with E-state index in [1.165, 1.54) is 12.1 Å². The van der Waals surface area contributed by atoms with Crippen molar-refractivity contribution in [2.45, 2.75) is 84.1 Å². The molecule has 0 aromatic heterocycles. The van der Waals surface area contributed by atoms with E-state index in [0.717, 1.165) is 11.1 Å². The fraction of sp³-hybridized carbons (Fsp3) is 0.351. The second-order valence-corrected chi connectivity index (χ2v) is 13.9. The molecule has 0 heterocycles. The predicted molar refractivity (Wildman–Crippen MR) is 191 cm³/mol. The molecule has 0 bridgehead atoms. The van der Waals surface area contributed by atoms with E-state index in [-0.39, 0.29) is 29.3 Å². The zero-order chi connectivity index (χ0) is 36.4. The SMILES string of the molecule is CC(C)(C)OC(=O)C[C@H](NC(=O)c1cccc(NC(=O)Cc2ccc(C(N)=S)cc2)c1)C(=O)N[C@@H](Cc1ccccc1)C(=O)OC(C)(C)C. The van der Waals surface area contributed by atoms with Crippen molar-refractivity contribution in [2.75, 3.05) is 5.32 Å². The Kier molecular flexibility index (Phi) is 13.2. The van der Waals surface area contributed by atoms with Crippen LogP contribution in [0.4, 0.5) is 5.69 Å². The van der Waals surface area contributed by atoms with Crippen molar-refractivity contribution in [1.29, 1.82) is 0 Å². The molecule has 260 valence electrons. The number of ether oxygens (including phenoxy) is 2. The van der Waals surface area contributed by atoms with E-state index in [1.54, 1.807) is 90.1 Å². The van der Waals surface area contributed by atoms with Crippen molar-refractivity contribution in [3.05, 3.63) is 101 Å². The van der Waals surface area contributed by atoms with E-state index < -0.39 is 53.5 Å². The van der Waals surface area contributed by atoms with Crippen LogP contribution in [-0.4, -0.2) is 57.9 Å². The van der Waals surface area contributed by atoms with Crippen molar-refractivity contribution >= 4 is 52.6 Å². The first-order chi connectivity index (χ1) is 22.9. The number of nitrogens with one attached hydrogen (secondary N) is 3. The van der Waals surface area contributed by atoms with Gasteiger partial charge in [0.1, 0.15) is 28.3 Å². The molecular formula is C37H44N4O7S. The van der Waals surface area contributed by atoms with Gasteiger partial charge in [0.2, 0.25) is 11.8 Å². The molecule has 3 aromatic carbocycles. The minimum atomic E-state index is -1.41. The van der Waals surface area contributed by atoms with Gasteiger partial charge in [0.25, 0.3) is 5.91 Å². The number of hydrogen-bond donors (Lipinski definition) is 4. The first-order valence-corrected chi connectivity index (χ1v) is 16.2. The number of anilines is 1. The number of amides is 3. The van der Waals surface area contributed by atoms with Gasteiger partial charge < -0.3 is 31.2 Å². The smallest absolute Gasteiger partial charge is 0.329 e. The summed E-state index contributed by atoms with van der Waals surface area (Å²) < 4.78 is 11.0. The molecule has 2 atom stereocenters. The summed E-state index contributed by atoms with van der Waals surface area (Å²) in [5.41, 5.74) is 6.62. The summed E-state index contributed by atoms with van der Waals surface area (Å²) in [7, 11) is 0. The zero-order valence-corrected chi connectivity index (χ0v) is 29.4. The molecular weight excluding hydrogens is 644 g/mol. The lowest BCUT2D eigenvalue weighted by Crippen LogP contribution is -2.54. The van der Waals surface area contributed by atoms with Gasteiger partial charge in [-0.05, 0) is 70.9 Å². The summed E-state index contributed by atoms with van der Waals surface area (Å²) in [6.07, 6.45) is -0.333. The Morgan fingerprint density at radius 2 is 1.37 bits per heavy atom. The van der Waals surface area contributed by atoms with Crippen molar-refractivity contribution in [2.24, 2.45) is 5.73 Å². The van der Waals surface area contributed by atoms with Gasteiger partial charge in [-0.2, -0.15) is 0 Å². The average molecular weight is 689 g/mol. The number of carbonyl (C=O) groups excluding carboxylic acids is 5. The van der Waals surface area contributed by atoms with Gasteiger partial charge in [0.05, 0.1) is 12.8 Å². The Bertz CT molecular complexity index is 1660. The molecule has 0 fully saturated rings. The van der Waals surface area contributed by atoms with Gasteiger partial charge >= 0.3 is 11.9 Å². The van der Waals surface area contributed by atoms with Crippen LogP contribution in [0, 0.1) is 0 Å². The minimum absolute atomic E-state index is 0.0635. The highest BCUT2D eigenvalue weighted by molar-refractivity contribution is 7.80. The van der Waals surface area contributed by atoms with Crippen LogP contribution in [-0.2, 0) is 41.5 Å². The highest BCUT2D eigenvalue weighted by Crippen LogP contribution is 2.16. The molecule has 0 radical (unpaired) electrons. The van der Waals surface area contributed by atoms with E-state index in [9.17, 15) is 24.0 Å². The number of rotatable bonds is 13. The third-order valence-corrected chi connectivity index (χ3v) is 6.95. The molecule has 49 heavy (non-hydrogen) atoms. The summed E-state index contributed by atoms with van der Waals surface area (Å²) in [4.78, 5) is 66.3. The topological polar surface area (TPSA) is 166 Å². The lowest BCUT2D eigenvalue weighted by Gasteiger charge is -2.27. The Hall–Kier alpha value is -5.10. The summed E-state index contributed by atoms with van der Waals surface area (Å²) >= 11 is 4.97. The predicted octanol–water partition coefficient (Wildman–Crippen LogP) is 4.40. The van der Waals surface area contributed by atoms with Crippen molar-refractivity contribution in [3.63, 3.8) is 0 Å². The second-order valence-electron chi connectivity index (χ2n) is 13.5. The monoisotopic (exact) mass is 688 g/mol. The van der Waals surface area contributed by atoms with Crippen LogP contribution in [0.2, 0.25) is 0 Å². The van der Waals surface area contributed by atoms with Gasteiger partial charge in [-0.25, -0.2) is 4.79 Å². The van der Waals surface area contributed by atoms with Gasteiger partial charge in [0, 0.05) is 23.2 Å². The van der Waals surface area contributed by atoms with Gasteiger partial charge in [-0.3, -0.25) is 19.2 Å². The van der Waals surface area contributed by atoms with Crippen LogP contribution < -0.4 is 21.7 Å². The van der Waals surface area contributed by atoms with E-state index in [2.05, 4.69) is 16.0 Å². The Morgan fingerprint density at radius 3 is 1.96 bits per heavy atom. The van der Waals surface area contributed by atoms with Crippen molar-refractivity contribution in [1.82, 2.24) is 10.6 Å². The minimum Gasteiger partial charge on any atom is -0.460 e. The lowest BCUT2D eigenvalue weighted by atomic mass is 10.0. The van der Waals surface area contributed by atoms with Crippen LogP contribution >= 0.6 is 12.2 Å². The maximum atomic E-state index is 13.7. The molecule has 3 aromatic rings. The van der Waals surface area contributed by atoms with Crippen LogP contribution in [0.5, 0.6) is 0 Å². The summed E-state index contributed by atoms with van der Waals surface area (Å²) in [5, 5.41) is 8.04. The van der Waals surface area contributed by atoms with Crippen LogP contribution in [0.3, 0.4) is 0 Å². The van der Waals surface area contributed by atoms with Crippen molar-refractivity contribution < 1.29 is 33.4 Å². The molecule has 0 unspecified atom stereocenters. The lowest BCUT2D eigenvalue weighted by molar-refractivity contribution is -0.159. The molecule has 0 aliphatic carbocycles. The Morgan fingerprint density at radius 1 is 0.735 bits per heavy atom. The number of hydrogen-bond acceptors (Lipinski definition) is 8. The highest BCUT2D eigenvalue weighted by Gasteiger charge is 2.32. The van der Waals surface area contributed by atoms with Gasteiger partial charge in [-0.15, -0.1) is 0 Å². The summed E-state index contributed by atoms with van der Waals surface area (Å²) in [5.74, 6) is -3.20. The number of thiocarbonyl (C=S) groups is 1. The molecule has 3 amide bonds. The highest BCUT2D eigenvalue weighted by atomic mass is 32.1. The number of carbonyl (C=O) groups is 5. The van der Waals surface area contributed by atoms with Crippen LogP contribution in [0.1, 0.15) is 75.0 Å². The molecule has 0 saturated carbocycles. The van der Waals surface area contributed by atoms with Gasteiger partial charge in [-0.1, -0.05) is 72.9 Å². The number of benzene rings is 3. The van der Waals surface area contributed by atoms with E-state index in [0.29, 0.717) is 11.3 Å². The Balaban J connectivity index is 1.79. The molecule has 12 heteroatoms. The number of esters is 2. The quantitative estimate of drug-likeness (QED) is 0.150. The molecule has 5 N–H and O–H groups in total. The maximum absolute atomic E-state index is 13.7. The summed E-state index contributed by atoms with van der Waals surface area (Å²) in [6.45, 7) is 10.2. The molecule has 0 aliphatic heterocycles. The fourth-order valence-corrected chi connectivity index (χ4v) is 4.74. The maximum Gasteiger partial charge on any atom is 0.329 e. The fourth-order valence-electron chi connectivity index (χ4n) is 4.60. The van der Waals surface area contributed by atoms with Crippen molar-refractivity contribution in [3.8, 4) is 0 Å². The third kappa shape index (κ3) is 13.5.